The zero-order chi connectivity index (χ0) is 33.7. The fraction of sp³-hybridized carbons (Fsp3) is 0.250. The third kappa shape index (κ3) is 8.83. The van der Waals surface area contributed by atoms with Crippen LogP contribution in [0.15, 0.2) is 36.4 Å². The summed E-state index contributed by atoms with van der Waals surface area (Å²) in [5, 5.41) is 0. The van der Waals surface area contributed by atoms with Crippen molar-refractivity contribution in [3.8, 4) is 45.8 Å². The van der Waals surface area contributed by atoms with E-state index >= 15 is 0 Å². The lowest BCUT2D eigenvalue weighted by Gasteiger charge is -2.15. The second-order valence-electron chi connectivity index (χ2n) is 8.74. The summed E-state index contributed by atoms with van der Waals surface area (Å²) in [6, 6.07) is 10.1. The predicted octanol–water partition coefficient (Wildman–Crippen LogP) is 9.84. The Labute approximate surface area is 319 Å². The lowest BCUT2D eigenvalue weighted by Crippen LogP contribution is -2.16. The summed E-state index contributed by atoms with van der Waals surface area (Å²) in [7, 11) is 0. The van der Waals surface area contributed by atoms with E-state index in [1.807, 2.05) is 0 Å². The zero-order valence-corrected chi connectivity index (χ0v) is 30.8. The SMILES string of the molecule is ClC(Cl)(Cl)c1nc(-c2ccc3c(c2)OCO3)nc(C(Cl)(Cl)Cl)n1.ClC(Cl)(Cl)c1nc(-c2ccc3c(c2)OCO3)nc(C(Cl)(Cl)Cl)n1. The molecule has 244 valence electrons. The van der Waals surface area contributed by atoms with Crippen LogP contribution in [-0.2, 0) is 15.2 Å². The first-order valence-electron chi connectivity index (χ1n) is 11.9. The van der Waals surface area contributed by atoms with Crippen LogP contribution in [0.4, 0.5) is 0 Å². The highest BCUT2D eigenvalue weighted by Crippen LogP contribution is 2.43. The van der Waals surface area contributed by atoms with Gasteiger partial charge in [-0.15, -0.1) is 0 Å². The highest BCUT2D eigenvalue weighted by Gasteiger charge is 2.35. The maximum absolute atomic E-state index is 5.84. The van der Waals surface area contributed by atoms with Gasteiger partial charge in [-0.25, -0.2) is 29.9 Å². The highest BCUT2D eigenvalue weighted by atomic mass is 35.6. The van der Waals surface area contributed by atoms with Gasteiger partial charge in [0.2, 0.25) is 28.8 Å². The van der Waals surface area contributed by atoms with Gasteiger partial charge in [0.1, 0.15) is 0 Å². The molecule has 0 aliphatic carbocycles. The molecule has 0 radical (unpaired) electrons. The zero-order valence-electron chi connectivity index (χ0n) is 21.7. The van der Waals surface area contributed by atoms with E-state index in [2.05, 4.69) is 29.9 Å². The molecule has 4 aromatic rings. The number of aromatic nitrogens is 6. The first-order chi connectivity index (χ1) is 21.3. The number of nitrogens with zero attached hydrogens (tertiary/aromatic N) is 6. The molecule has 2 aromatic heterocycles. The van der Waals surface area contributed by atoms with Crippen LogP contribution >= 0.6 is 139 Å². The van der Waals surface area contributed by atoms with Gasteiger partial charge in [-0.2, -0.15) is 0 Å². The van der Waals surface area contributed by atoms with Crippen molar-refractivity contribution >= 4 is 139 Å². The van der Waals surface area contributed by atoms with Crippen LogP contribution in [0.25, 0.3) is 22.8 Å². The van der Waals surface area contributed by atoms with Crippen molar-refractivity contribution < 1.29 is 18.9 Å². The number of ether oxygens (including phenoxy) is 4. The monoisotopic (exact) mass is 866 g/mol. The van der Waals surface area contributed by atoms with Gasteiger partial charge in [0.05, 0.1) is 0 Å². The lowest BCUT2D eigenvalue weighted by atomic mass is 10.2. The van der Waals surface area contributed by atoms with Crippen LogP contribution in [0.1, 0.15) is 23.3 Å². The van der Waals surface area contributed by atoms with E-state index in [1.54, 1.807) is 36.4 Å². The molecule has 22 heteroatoms. The molecule has 46 heavy (non-hydrogen) atoms. The van der Waals surface area contributed by atoms with Crippen LogP contribution in [0, 0.1) is 0 Å². The summed E-state index contributed by atoms with van der Waals surface area (Å²) in [4.78, 5) is 24.3. The van der Waals surface area contributed by atoms with Crippen LogP contribution in [0.2, 0.25) is 0 Å². The Morgan fingerprint density at radius 2 is 0.674 bits per heavy atom. The molecule has 0 spiro atoms. The minimum Gasteiger partial charge on any atom is -0.454 e. The Kier molecular flexibility index (Phi) is 10.9. The van der Waals surface area contributed by atoms with Crippen molar-refractivity contribution in [3.63, 3.8) is 0 Å². The van der Waals surface area contributed by atoms with Crippen LogP contribution in [0.3, 0.4) is 0 Å². The molecule has 2 aliphatic heterocycles. The van der Waals surface area contributed by atoms with Gasteiger partial charge < -0.3 is 18.9 Å². The van der Waals surface area contributed by atoms with E-state index in [4.69, 9.17) is 158 Å². The van der Waals surface area contributed by atoms with Crippen molar-refractivity contribution in [3.05, 3.63) is 59.7 Å². The maximum atomic E-state index is 5.84. The number of benzene rings is 2. The Bertz CT molecular complexity index is 1580. The first-order valence-corrected chi connectivity index (χ1v) is 16.4. The van der Waals surface area contributed by atoms with E-state index in [-0.39, 0.29) is 48.5 Å². The van der Waals surface area contributed by atoms with Gasteiger partial charge in [0.15, 0.2) is 57.9 Å². The standard InChI is InChI=1S/2C12H5Cl6N3O2/c2*13-11(14,15)9-19-8(20-10(21-9)12(16,17)18)5-1-2-6-7(3-5)23-4-22-6/h2*1-3H,4H2. The number of fused-ring (bicyclic) bond motifs is 2. The fourth-order valence-corrected chi connectivity index (χ4v) is 4.60. The van der Waals surface area contributed by atoms with Crippen LogP contribution in [0.5, 0.6) is 23.0 Å². The van der Waals surface area contributed by atoms with Crippen molar-refractivity contribution in [1.82, 2.24) is 29.9 Å². The topological polar surface area (TPSA) is 114 Å². The van der Waals surface area contributed by atoms with Gasteiger partial charge in [-0.1, -0.05) is 139 Å². The number of alkyl halides is 12. The quantitative estimate of drug-likeness (QED) is 0.181. The molecular weight excluding hydrogens is 862 g/mol. The molecule has 2 aliphatic rings. The third-order valence-electron chi connectivity index (χ3n) is 5.55. The van der Waals surface area contributed by atoms with Gasteiger partial charge in [-0.3, -0.25) is 0 Å². The molecule has 0 N–H and O–H groups in total. The summed E-state index contributed by atoms with van der Waals surface area (Å²) >= 11 is 70.1. The molecule has 0 fully saturated rings. The molecule has 0 unspecified atom stereocenters. The summed E-state index contributed by atoms with van der Waals surface area (Å²) in [5.41, 5.74) is 1.12. The van der Waals surface area contributed by atoms with E-state index in [9.17, 15) is 0 Å². The number of hydrogen-bond donors (Lipinski definition) is 0. The first kappa shape index (κ1) is 36.4. The smallest absolute Gasteiger partial charge is 0.250 e. The highest BCUT2D eigenvalue weighted by molar-refractivity contribution is 6.68. The molecule has 10 nitrogen and oxygen atoms in total. The molecule has 0 amide bonds. The largest absolute Gasteiger partial charge is 0.454 e. The summed E-state index contributed by atoms with van der Waals surface area (Å²) in [6.45, 7) is 0.267. The average molecular weight is 872 g/mol. The molecule has 6 rings (SSSR count). The molecule has 0 bridgehead atoms. The van der Waals surface area contributed by atoms with Crippen LogP contribution < -0.4 is 18.9 Å². The van der Waals surface area contributed by atoms with E-state index in [0.717, 1.165) is 0 Å². The maximum Gasteiger partial charge on any atom is 0.250 e. The molecule has 4 heterocycles. The van der Waals surface area contributed by atoms with E-state index in [0.29, 0.717) is 34.1 Å². The normalized spacial score (nSPS) is 14.2. The van der Waals surface area contributed by atoms with Crippen molar-refractivity contribution in [2.24, 2.45) is 0 Å². The van der Waals surface area contributed by atoms with Crippen molar-refractivity contribution in [2.75, 3.05) is 13.6 Å². The fourth-order valence-electron chi connectivity index (χ4n) is 3.59. The van der Waals surface area contributed by atoms with Gasteiger partial charge in [0, 0.05) is 11.1 Å². The Morgan fingerprint density at radius 3 is 0.957 bits per heavy atom. The Hall–Kier alpha value is -0.860. The third-order valence-corrected chi connectivity index (χ3v) is 7.57. The number of rotatable bonds is 2. The van der Waals surface area contributed by atoms with Gasteiger partial charge in [0.25, 0.3) is 0 Å². The Balaban J connectivity index is 0.000000181. The molecule has 0 atom stereocenters. The van der Waals surface area contributed by atoms with Crippen LogP contribution in [-0.4, -0.2) is 43.5 Å². The molecular formula is C24H10Cl12N6O4. The van der Waals surface area contributed by atoms with Gasteiger partial charge >= 0.3 is 0 Å². The molecule has 2 aromatic carbocycles. The van der Waals surface area contributed by atoms with E-state index < -0.39 is 15.2 Å². The summed E-state index contributed by atoms with van der Waals surface area (Å²) < 4.78 is 13.5. The number of hydrogen-bond acceptors (Lipinski definition) is 10. The minimum atomic E-state index is -1.90. The molecule has 0 saturated carbocycles. The summed E-state index contributed by atoms with van der Waals surface area (Å²) in [5.74, 6) is 1.97. The minimum absolute atomic E-state index is 0.134. The Morgan fingerprint density at radius 1 is 0.391 bits per heavy atom. The lowest BCUT2D eigenvalue weighted by molar-refractivity contribution is 0.173. The average Bonchev–Trinajstić information content (AvgIpc) is 3.64. The van der Waals surface area contributed by atoms with Gasteiger partial charge in [-0.05, 0) is 36.4 Å². The number of halogens is 12. The second-order valence-corrected chi connectivity index (χ2v) is 17.9. The molecule has 0 saturated heterocycles. The summed E-state index contributed by atoms with van der Waals surface area (Å²) in [6.07, 6.45) is 0. The van der Waals surface area contributed by atoms with E-state index in [1.165, 1.54) is 0 Å². The van der Waals surface area contributed by atoms with Crippen molar-refractivity contribution in [2.45, 2.75) is 15.2 Å². The van der Waals surface area contributed by atoms with Crippen molar-refractivity contribution in [1.29, 1.82) is 0 Å². The predicted molar refractivity (Wildman–Crippen MR) is 180 cm³/mol. The second kappa shape index (κ2) is 13.8.